The van der Waals surface area contributed by atoms with Crippen LogP contribution in [-0.2, 0) is 6.42 Å². The maximum absolute atomic E-state index is 8.96. The summed E-state index contributed by atoms with van der Waals surface area (Å²) in [6.45, 7) is 1.17. The van der Waals surface area contributed by atoms with Gasteiger partial charge in [0, 0.05) is 6.04 Å². The molecule has 3 rings (SSSR count). The molecule has 1 N–H and O–H groups in total. The first-order valence-corrected chi connectivity index (χ1v) is 7.01. The van der Waals surface area contributed by atoms with Crippen molar-refractivity contribution in [2.75, 3.05) is 6.54 Å². The molecule has 1 aliphatic heterocycles. The minimum absolute atomic E-state index is 0.695. The van der Waals surface area contributed by atoms with E-state index in [1.165, 1.54) is 42.1 Å². The molecule has 0 saturated carbocycles. The summed E-state index contributed by atoms with van der Waals surface area (Å²) >= 11 is 0. The maximum atomic E-state index is 8.96. The van der Waals surface area contributed by atoms with Gasteiger partial charge in [-0.25, -0.2) is 0 Å². The highest BCUT2D eigenvalue weighted by molar-refractivity contribution is 5.84. The van der Waals surface area contributed by atoms with Crippen molar-refractivity contribution in [1.82, 2.24) is 5.32 Å². The van der Waals surface area contributed by atoms with Crippen LogP contribution in [0.2, 0.25) is 0 Å². The molecule has 2 aromatic rings. The number of nitrogens with one attached hydrogen (secondary N) is 1. The Morgan fingerprint density at radius 3 is 2.84 bits per heavy atom. The van der Waals surface area contributed by atoms with E-state index in [2.05, 4.69) is 29.6 Å². The van der Waals surface area contributed by atoms with Crippen molar-refractivity contribution in [2.24, 2.45) is 0 Å². The highest BCUT2D eigenvalue weighted by Gasteiger charge is 2.13. The fraction of sp³-hybridized carbons (Fsp3) is 0.353. The average Bonchev–Trinajstić information content (AvgIpc) is 2.97. The van der Waals surface area contributed by atoms with Gasteiger partial charge in [-0.1, -0.05) is 24.3 Å². The third-order valence-electron chi connectivity index (χ3n) is 3.98. The second-order valence-electron chi connectivity index (χ2n) is 5.34. The van der Waals surface area contributed by atoms with Crippen molar-refractivity contribution in [2.45, 2.75) is 31.7 Å². The highest BCUT2D eigenvalue weighted by Crippen LogP contribution is 2.20. The summed E-state index contributed by atoms with van der Waals surface area (Å²) in [7, 11) is 0. The number of benzene rings is 2. The molecule has 19 heavy (non-hydrogen) atoms. The lowest BCUT2D eigenvalue weighted by Gasteiger charge is -2.10. The van der Waals surface area contributed by atoms with E-state index in [0.29, 0.717) is 6.04 Å². The lowest BCUT2D eigenvalue weighted by atomic mass is 10.00. The lowest BCUT2D eigenvalue weighted by molar-refractivity contribution is 0.559. The topological polar surface area (TPSA) is 35.8 Å². The molecule has 2 heteroatoms. The van der Waals surface area contributed by atoms with Gasteiger partial charge in [-0.3, -0.25) is 0 Å². The summed E-state index contributed by atoms with van der Waals surface area (Å²) in [5.41, 5.74) is 2.11. The molecule has 96 valence electrons. The molecule has 0 bridgehead atoms. The molecule has 0 radical (unpaired) electrons. The van der Waals surface area contributed by atoms with Gasteiger partial charge in [-0.2, -0.15) is 5.26 Å². The van der Waals surface area contributed by atoms with Crippen molar-refractivity contribution in [3.05, 3.63) is 47.5 Å². The van der Waals surface area contributed by atoms with Crippen molar-refractivity contribution >= 4 is 10.8 Å². The quantitative estimate of drug-likeness (QED) is 0.906. The molecule has 2 aromatic carbocycles. The van der Waals surface area contributed by atoms with E-state index < -0.39 is 0 Å². The van der Waals surface area contributed by atoms with Crippen LogP contribution < -0.4 is 5.32 Å². The van der Waals surface area contributed by atoms with E-state index in [1.807, 2.05) is 18.2 Å². The van der Waals surface area contributed by atoms with Crippen LogP contribution in [0.1, 0.15) is 30.4 Å². The van der Waals surface area contributed by atoms with Crippen LogP contribution >= 0.6 is 0 Å². The second kappa shape index (κ2) is 5.42. The van der Waals surface area contributed by atoms with E-state index in [9.17, 15) is 0 Å². The largest absolute Gasteiger partial charge is 0.314 e. The molecular weight excluding hydrogens is 232 g/mol. The van der Waals surface area contributed by atoms with Crippen LogP contribution in [0, 0.1) is 11.3 Å². The lowest BCUT2D eigenvalue weighted by Crippen LogP contribution is -2.21. The van der Waals surface area contributed by atoms with Crippen LogP contribution in [0.4, 0.5) is 0 Å². The Balaban J connectivity index is 1.78. The van der Waals surface area contributed by atoms with E-state index in [0.717, 1.165) is 12.0 Å². The zero-order valence-corrected chi connectivity index (χ0v) is 11.0. The minimum Gasteiger partial charge on any atom is -0.314 e. The number of rotatable bonds is 3. The third kappa shape index (κ3) is 2.77. The number of aryl methyl sites for hydroxylation is 1. The highest BCUT2D eigenvalue weighted by atomic mass is 14.9. The number of hydrogen-bond donors (Lipinski definition) is 1. The molecule has 1 saturated heterocycles. The zero-order valence-electron chi connectivity index (χ0n) is 11.0. The van der Waals surface area contributed by atoms with Gasteiger partial charge in [0.2, 0.25) is 0 Å². The van der Waals surface area contributed by atoms with Gasteiger partial charge in [0.05, 0.1) is 11.6 Å². The Labute approximate surface area is 114 Å². The molecule has 1 atom stereocenters. The fourth-order valence-corrected chi connectivity index (χ4v) is 2.87. The zero-order chi connectivity index (χ0) is 13.1. The first kappa shape index (κ1) is 12.2. The molecular formula is C17H18N2. The van der Waals surface area contributed by atoms with Crippen LogP contribution in [-0.4, -0.2) is 12.6 Å². The maximum Gasteiger partial charge on any atom is 0.0991 e. The Kier molecular flexibility index (Phi) is 3.48. The molecule has 0 aliphatic carbocycles. The first-order valence-electron chi connectivity index (χ1n) is 7.01. The molecule has 0 spiro atoms. The summed E-state index contributed by atoms with van der Waals surface area (Å²) in [4.78, 5) is 0. The monoisotopic (exact) mass is 250 g/mol. The second-order valence-corrected chi connectivity index (χ2v) is 5.34. The van der Waals surface area contributed by atoms with Crippen LogP contribution in [0.3, 0.4) is 0 Å². The van der Waals surface area contributed by atoms with Gasteiger partial charge >= 0.3 is 0 Å². The molecule has 1 heterocycles. The molecule has 0 amide bonds. The first-order chi connectivity index (χ1) is 9.35. The molecule has 1 unspecified atom stereocenters. The predicted molar refractivity (Wildman–Crippen MR) is 78.0 cm³/mol. The third-order valence-corrected chi connectivity index (χ3v) is 3.98. The summed E-state index contributed by atoms with van der Waals surface area (Å²) in [6.07, 6.45) is 4.95. The summed E-state index contributed by atoms with van der Waals surface area (Å²) in [5.74, 6) is 0. The predicted octanol–water partition coefficient (Wildman–Crippen LogP) is 3.40. The van der Waals surface area contributed by atoms with E-state index >= 15 is 0 Å². The number of fused-ring (bicyclic) bond motifs is 1. The van der Waals surface area contributed by atoms with Crippen molar-refractivity contribution < 1.29 is 0 Å². The van der Waals surface area contributed by atoms with Crippen molar-refractivity contribution in [3.8, 4) is 6.07 Å². The molecule has 1 fully saturated rings. The Bertz CT molecular complexity index is 619. The van der Waals surface area contributed by atoms with E-state index in [1.54, 1.807) is 0 Å². The fourth-order valence-electron chi connectivity index (χ4n) is 2.87. The van der Waals surface area contributed by atoms with Gasteiger partial charge in [0.25, 0.3) is 0 Å². The normalized spacial score (nSPS) is 18.6. The SMILES string of the molecule is N#Cc1ccc2ccc(CCC3CCCN3)cc2c1. The van der Waals surface area contributed by atoms with Gasteiger partial charge in [-0.15, -0.1) is 0 Å². The molecule has 1 aliphatic rings. The van der Waals surface area contributed by atoms with Crippen LogP contribution in [0.5, 0.6) is 0 Å². The van der Waals surface area contributed by atoms with Crippen molar-refractivity contribution in [1.29, 1.82) is 5.26 Å². The number of nitrogens with zero attached hydrogens (tertiary/aromatic N) is 1. The summed E-state index contributed by atoms with van der Waals surface area (Å²) in [5, 5.41) is 14.9. The van der Waals surface area contributed by atoms with Gasteiger partial charge in [0.15, 0.2) is 0 Å². The summed E-state index contributed by atoms with van der Waals surface area (Å²) in [6, 6.07) is 15.4. The summed E-state index contributed by atoms with van der Waals surface area (Å²) < 4.78 is 0. The Morgan fingerprint density at radius 1 is 1.16 bits per heavy atom. The minimum atomic E-state index is 0.695. The Morgan fingerprint density at radius 2 is 2.05 bits per heavy atom. The number of nitriles is 1. The van der Waals surface area contributed by atoms with Gasteiger partial charge in [-0.05, 0) is 60.7 Å². The van der Waals surface area contributed by atoms with Crippen LogP contribution in [0.15, 0.2) is 36.4 Å². The molecule has 0 aromatic heterocycles. The van der Waals surface area contributed by atoms with Crippen LogP contribution in [0.25, 0.3) is 10.8 Å². The Hall–Kier alpha value is -1.85. The standard InChI is InChI=1S/C17H18N2/c18-12-14-4-7-15-6-3-13(10-16(15)11-14)5-8-17-2-1-9-19-17/h3-4,6-7,10-11,17,19H,1-2,5,8-9H2. The van der Waals surface area contributed by atoms with Gasteiger partial charge < -0.3 is 5.32 Å². The smallest absolute Gasteiger partial charge is 0.0991 e. The van der Waals surface area contributed by atoms with E-state index in [4.69, 9.17) is 5.26 Å². The van der Waals surface area contributed by atoms with E-state index in [-0.39, 0.29) is 0 Å². The average molecular weight is 250 g/mol. The molecule has 2 nitrogen and oxygen atoms in total. The van der Waals surface area contributed by atoms with Crippen molar-refractivity contribution in [3.63, 3.8) is 0 Å². The number of hydrogen-bond acceptors (Lipinski definition) is 2. The van der Waals surface area contributed by atoms with Gasteiger partial charge in [0.1, 0.15) is 0 Å².